The second kappa shape index (κ2) is 14.2. The molecule has 1 rings (SSSR count). The van der Waals surface area contributed by atoms with Crippen molar-refractivity contribution < 1.29 is 8.42 Å². The monoisotopic (exact) mass is 408 g/mol. The fourth-order valence-corrected chi connectivity index (χ4v) is 5.89. The molecule has 0 saturated carbocycles. The minimum absolute atomic E-state index is 0.237. The molecule has 0 aromatic heterocycles. The Hall–Kier alpha value is -0.830. The highest BCUT2D eigenvalue weighted by Crippen LogP contribution is 2.27. The molecule has 28 heavy (non-hydrogen) atoms. The lowest BCUT2D eigenvalue weighted by Gasteiger charge is -2.21. The Balaban J connectivity index is 2.43. The van der Waals surface area contributed by atoms with Crippen molar-refractivity contribution in [2.75, 3.05) is 0 Å². The van der Waals surface area contributed by atoms with Crippen LogP contribution in [-0.2, 0) is 9.84 Å². The van der Waals surface area contributed by atoms with Gasteiger partial charge >= 0.3 is 0 Å². The smallest absolute Gasteiger partial charge is 0.181 e. The Kier molecular flexibility index (Phi) is 12.8. The summed E-state index contributed by atoms with van der Waals surface area (Å²) in [5, 5.41) is -0.237. The van der Waals surface area contributed by atoms with Gasteiger partial charge in [-0.1, -0.05) is 110 Å². The largest absolute Gasteiger partial charge is 0.223 e. The highest BCUT2D eigenvalue weighted by Gasteiger charge is 2.28. The first-order valence-electron chi connectivity index (χ1n) is 11.7. The molecule has 162 valence electrons. The molecule has 0 aliphatic heterocycles. The van der Waals surface area contributed by atoms with Crippen molar-refractivity contribution in [3.63, 3.8) is 0 Å². The lowest BCUT2D eigenvalue weighted by atomic mass is 9.96. The van der Waals surface area contributed by atoms with E-state index in [1.54, 1.807) is 12.1 Å². The molecule has 0 saturated heterocycles. The van der Waals surface area contributed by atoms with E-state index in [2.05, 4.69) is 27.7 Å². The van der Waals surface area contributed by atoms with Crippen LogP contribution < -0.4 is 0 Å². The molecule has 0 spiro atoms. The van der Waals surface area contributed by atoms with Crippen LogP contribution in [0, 0.1) is 11.8 Å². The number of hydrogen-bond donors (Lipinski definition) is 0. The third-order valence-electron chi connectivity index (χ3n) is 6.15. The van der Waals surface area contributed by atoms with Crippen LogP contribution in [0.15, 0.2) is 35.2 Å². The van der Waals surface area contributed by atoms with Crippen LogP contribution in [0.5, 0.6) is 0 Å². The first-order valence-corrected chi connectivity index (χ1v) is 13.2. The van der Waals surface area contributed by atoms with Crippen LogP contribution in [0.3, 0.4) is 0 Å². The van der Waals surface area contributed by atoms with Crippen molar-refractivity contribution in [1.82, 2.24) is 0 Å². The lowest BCUT2D eigenvalue weighted by Crippen LogP contribution is -2.24. The van der Waals surface area contributed by atoms with Gasteiger partial charge in [0.05, 0.1) is 10.1 Å². The molecule has 0 heterocycles. The molecule has 0 amide bonds. The number of rotatable bonds is 16. The van der Waals surface area contributed by atoms with Crippen LogP contribution >= 0.6 is 0 Å². The predicted molar refractivity (Wildman–Crippen MR) is 122 cm³/mol. The highest BCUT2D eigenvalue weighted by atomic mass is 32.2. The molecular weight excluding hydrogens is 364 g/mol. The summed E-state index contributed by atoms with van der Waals surface area (Å²) in [6.45, 7) is 8.97. The van der Waals surface area contributed by atoms with Crippen LogP contribution in [0.2, 0.25) is 0 Å². The van der Waals surface area contributed by atoms with Gasteiger partial charge in [0.2, 0.25) is 0 Å². The molecule has 2 nitrogen and oxygen atoms in total. The summed E-state index contributed by atoms with van der Waals surface area (Å²) in [7, 11) is -3.22. The lowest BCUT2D eigenvalue weighted by molar-refractivity contribution is 0.435. The molecule has 1 aromatic carbocycles. The zero-order valence-electron chi connectivity index (χ0n) is 18.8. The zero-order valence-corrected chi connectivity index (χ0v) is 19.6. The quantitative estimate of drug-likeness (QED) is 0.261. The molecule has 0 unspecified atom stereocenters. The second-order valence-electron chi connectivity index (χ2n) is 8.82. The van der Waals surface area contributed by atoms with Crippen LogP contribution in [0.4, 0.5) is 0 Å². The van der Waals surface area contributed by atoms with Gasteiger partial charge in [-0.15, -0.1) is 0 Å². The van der Waals surface area contributed by atoms with Gasteiger partial charge in [-0.2, -0.15) is 0 Å². The molecule has 0 N–H and O–H groups in total. The van der Waals surface area contributed by atoms with E-state index >= 15 is 0 Å². The highest BCUT2D eigenvalue weighted by molar-refractivity contribution is 7.92. The van der Waals surface area contributed by atoms with Gasteiger partial charge in [-0.25, -0.2) is 8.42 Å². The molecule has 3 atom stereocenters. The third kappa shape index (κ3) is 9.58. The molecule has 3 heteroatoms. The van der Waals surface area contributed by atoms with E-state index < -0.39 is 9.84 Å². The summed E-state index contributed by atoms with van der Waals surface area (Å²) in [5.74, 6) is 1.31. The molecular formula is C25H44O2S. The van der Waals surface area contributed by atoms with Gasteiger partial charge in [-0.05, 0) is 36.8 Å². The Bertz CT molecular complexity index is 594. The summed E-state index contributed by atoms with van der Waals surface area (Å²) in [5.41, 5.74) is 0. The summed E-state index contributed by atoms with van der Waals surface area (Å²) < 4.78 is 26.2. The maximum Gasteiger partial charge on any atom is 0.181 e. The van der Waals surface area contributed by atoms with Gasteiger partial charge in [0.25, 0.3) is 0 Å². The zero-order chi connectivity index (χ0) is 20.8. The van der Waals surface area contributed by atoms with Crippen molar-refractivity contribution in [1.29, 1.82) is 0 Å². The van der Waals surface area contributed by atoms with Crippen molar-refractivity contribution in [2.24, 2.45) is 11.8 Å². The molecule has 0 radical (unpaired) electrons. The number of benzene rings is 1. The summed E-state index contributed by atoms with van der Waals surface area (Å²) in [6, 6.07) is 9.03. The Morgan fingerprint density at radius 1 is 0.750 bits per heavy atom. The number of sulfone groups is 1. The predicted octanol–water partition coefficient (Wildman–Crippen LogP) is 7.82. The van der Waals surface area contributed by atoms with Crippen molar-refractivity contribution in [3.8, 4) is 0 Å². The fraction of sp³-hybridized carbons (Fsp3) is 0.760. The van der Waals surface area contributed by atoms with E-state index in [0.29, 0.717) is 10.8 Å². The van der Waals surface area contributed by atoms with Crippen molar-refractivity contribution in [3.05, 3.63) is 30.3 Å². The standard InChI is InChI=1S/C25H44O2S/c1-5-7-16-23(4)17-12-9-8-10-13-20-25(21-22(3)6-2)28(26,27)24-18-14-11-15-19-24/h11,14-15,18-19,22-23,25H,5-10,12-13,16-17,20-21H2,1-4H3/t22-,23-,25-/m1/s1. The van der Waals surface area contributed by atoms with E-state index in [0.717, 1.165) is 38.0 Å². The van der Waals surface area contributed by atoms with Crippen LogP contribution in [0.25, 0.3) is 0 Å². The van der Waals surface area contributed by atoms with E-state index in [-0.39, 0.29) is 5.25 Å². The normalized spacial score (nSPS) is 15.3. The van der Waals surface area contributed by atoms with Crippen molar-refractivity contribution >= 4 is 9.84 Å². The van der Waals surface area contributed by atoms with Gasteiger partial charge in [-0.3, -0.25) is 0 Å². The summed E-state index contributed by atoms with van der Waals surface area (Å²) >= 11 is 0. The maximum atomic E-state index is 13.1. The number of unbranched alkanes of at least 4 members (excludes halogenated alkanes) is 5. The van der Waals surface area contributed by atoms with Gasteiger partial charge in [0, 0.05) is 0 Å². The molecule has 1 aromatic rings. The topological polar surface area (TPSA) is 34.1 Å². The molecule has 0 aliphatic rings. The van der Waals surface area contributed by atoms with E-state index in [1.165, 1.54) is 44.9 Å². The van der Waals surface area contributed by atoms with Gasteiger partial charge < -0.3 is 0 Å². The minimum Gasteiger partial charge on any atom is -0.223 e. The maximum absolute atomic E-state index is 13.1. The first-order chi connectivity index (χ1) is 13.4. The second-order valence-corrected chi connectivity index (χ2v) is 11.0. The Morgan fingerprint density at radius 3 is 1.93 bits per heavy atom. The van der Waals surface area contributed by atoms with E-state index in [9.17, 15) is 8.42 Å². The summed E-state index contributed by atoms with van der Waals surface area (Å²) in [4.78, 5) is 0.490. The van der Waals surface area contributed by atoms with Gasteiger partial charge in [0.1, 0.15) is 0 Å². The average Bonchev–Trinajstić information content (AvgIpc) is 2.70. The number of hydrogen-bond acceptors (Lipinski definition) is 2. The Morgan fingerprint density at radius 2 is 1.32 bits per heavy atom. The minimum atomic E-state index is -3.22. The molecule has 0 bridgehead atoms. The SMILES string of the molecule is CCCC[C@@H](C)CCCCCCC[C@H](C[C@H](C)CC)S(=O)(=O)c1ccccc1. The summed E-state index contributed by atoms with van der Waals surface area (Å²) in [6.07, 6.45) is 14.0. The third-order valence-corrected chi connectivity index (χ3v) is 8.38. The van der Waals surface area contributed by atoms with E-state index in [4.69, 9.17) is 0 Å². The Labute approximate surface area is 175 Å². The van der Waals surface area contributed by atoms with Gasteiger partial charge in [0.15, 0.2) is 9.84 Å². The fourth-order valence-electron chi connectivity index (χ4n) is 3.91. The molecule has 0 aliphatic carbocycles. The van der Waals surface area contributed by atoms with Crippen LogP contribution in [0.1, 0.15) is 105 Å². The average molecular weight is 409 g/mol. The van der Waals surface area contributed by atoms with E-state index in [1.807, 2.05) is 18.2 Å². The van der Waals surface area contributed by atoms with Crippen LogP contribution in [-0.4, -0.2) is 13.7 Å². The van der Waals surface area contributed by atoms with Crippen molar-refractivity contribution in [2.45, 2.75) is 115 Å². The first kappa shape index (κ1) is 25.2. The molecule has 0 fully saturated rings.